The maximum absolute atomic E-state index is 12.4. The van der Waals surface area contributed by atoms with Crippen molar-refractivity contribution in [2.45, 2.75) is 51.0 Å². The SMILES string of the molecule is COc1ccc2c(C)c(CCc3nc(C4(N)CCCC4)no3)c(=O)oc2c1. The average Bonchev–Trinajstić information content (AvgIpc) is 3.31. The molecule has 1 fully saturated rings. The second kappa shape index (κ2) is 6.81. The van der Waals surface area contributed by atoms with Crippen LogP contribution >= 0.6 is 0 Å². The van der Waals surface area contributed by atoms with Gasteiger partial charge in [-0.15, -0.1) is 0 Å². The summed E-state index contributed by atoms with van der Waals surface area (Å²) in [6.45, 7) is 1.92. The van der Waals surface area contributed by atoms with Crippen LogP contribution in [0.25, 0.3) is 11.0 Å². The molecule has 0 spiro atoms. The van der Waals surface area contributed by atoms with Gasteiger partial charge in [0, 0.05) is 23.4 Å². The van der Waals surface area contributed by atoms with Crippen LogP contribution in [0.4, 0.5) is 0 Å². The molecule has 7 heteroatoms. The first-order chi connectivity index (χ1) is 13.0. The molecule has 4 rings (SSSR count). The monoisotopic (exact) mass is 369 g/mol. The number of methoxy groups -OCH3 is 1. The number of nitrogens with zero attached hydrogens (tertiary/aromatic N) is 2. The summed E-state index contributed by atoms with van der Waals surface area (Å²) in [5, 5.41) is 4.96. The lowest BCUT2D eigenvalue weighted by Gasteiger charge is -2.17. The first-order valence-electron chi connectivity index (χ1n) is 9.22. The van der Waals surface area contributed by atoms with Crippen LogP contribution < -0.4 is 16.1 Å². The van der Waals surface area contributed by atoms with Gasteiger partial charge in [0.05, 0.1) is 12.6 Å². The van der Waals surface area contributed by atoms with Crippen LogP contribution in [-0.2, 0) is 18.4 Å². The number of benzene rings is 1. The van der Waals surface area contributed by atoms with Crippen molar-refractivity contribution >= 4 is 11.0 Å². The van der Waals surface area contributed by atoms with Crippen LogP contribution in [0, 0.1) is 6.92 Å². The summed E-state index contributed by atoms with van der Waals surface area (Å²) in [7, 11) is 1.58. The van der Waals surface area contributed by atoms with Gasteiger partial charge in [-0.25, -0.2) is 4.79 Å². The van der Waals surface area contributed by atoms with Crippen molar-refractivity contribution in [3.05, 3.63) is 51.5 Å². The van der Waals surface area contributed by atoms with Gasteiger partial charge in [-0.2, -0.15) is 4.98 Å². The van der Waals surface area contributed by atoms with E-state index in [1.165, 1.54) is 0 Å². The van der Waals surface area contributed by atoms with E-state index < -0.39 is 5.54 Å². The van der Waals surface area contributed by atoms with E-state index in [-0.39, 0.29) is 5.63 Å². The summed E-state index contributed by atoms with van der Waals surface area (Å²) in [5.41, 5.74) is 7.59. The average molecular weight is 369 g/mol. The van der Waals surface area contributed by atoms with Crippen molar-refractivity contribution in [3.8, 4) is 5.75 Å². The van der Waals surface area contributed by atoms with E-state index in [9.17, 15) is 4.79 Å². The Balaban J connectivity index is 1.57. The highest BCUT2D eigenvalue weighted by Gasteiger charge is 2.35. The van der Waals surface area contributed by atoms with Crippen molar-refractivity contribution in [1.82, 2.24) is 10.1 Å². The number of aryl methyl sites for hydroxylation is 2. The van der Waals surface area contributed by atoms with Crippen LogP contribution in [0.15, 0.2) is 31.9 Å². The minimum absolute atomic E-state index is 0.348. The van der Waals surface area contributed by atoms with Crippen LogP contribution in [0.1, 0.15) is 48.5 Å². The smallest absolute Gasteiger partial charge is 0.339 e. The molecule has 142 valence electrons. The molecule has 1 saturated carbocycles. The molecule has 0 atom stereocenters. The molecule has 0 bridgehead atoms. The summed E-state index contributed by atoms with van der Waals surface area (Å²) in [6.07, 6.45) is 4.86. The van der Waals surface area contributed by atoms with Gasteiger partial charge in [0.1, 0.15) is 11.3 Å². The van der Waals surface area contributed by atoms with Crippen molar-refractivity contribution in [2.24, 2.45) is 5.73 Å². The number of ether oxygens (including phenoxy) is 1. The van der Waals surface area contributed by atoms with E-state index in [1.54, 1.807) is 13.2 Å². The number of nitrogens with two attached hydrogens (primary N) is 1. The van der Waals surface area contributed by atoms with E-state index in [0.29, 0.717) is 41.5 Å². The third-order valence-corrected chi connectivity index (χ3v) is 5.49. The number of aromatic nitrogens is 2. The first kappa shape index (κ1) is 17.7. The highest BCUT2D eigenvalue weighted by molar-refractivity contribution is 5.82. The second-order valence-electron chi connectivity index (χ2n) is 7.23. The number of hydrogen-bond donors (Lipinski definition) is 1. The third-order valence-electron chi connectivity index (χ3n) is 5.49. The van der Waals surface area contributed by atoms with Crippen molar-refractivity contribution in [1.29, 1.82) is 0 Å². The molecule has 2 heterocycles. The standard InChI is InChI=1S/C20H23N3O4/c1-12-14-6-5-13(25-2)11-16(14)26-18(24)15(12)7-8-17-22-19(23-27-17)20(21)9-3-4-10-20/h5-6,11H,3-4,7-10,21H2,1-2H3. The Hall–Kier alpha value is -2.67. The van der Waals surface area contributed by atoms with Crippen molar-refractivity contribution < 1.29 is 13.7 Å². The molecular formula is C20H23N3O4. The van der Waals surface area contributed by atoms with Gasteiger partial charge < -0.3 is 19.4 Å². The van der Waals surface area contributed by atoms with Gasteiger partial charge in [-0.05, 0) is 43.9 Å². The molecule has 0 unspecified atom stereocenters. The Morgan fingerprint density at radius 1 is 1.26 bits per heavy atom. The Bertz CT molecular complexity index is 1030. The molecule has 0 radical (unpaired) electrons. The maximum Gasteiger partial charge on any atom is 0.339 e. The van der Waals surface area contributed by atoms with Crippen LogP contribution in [0.2, 0.25) is 0 Å². The maximum atomic E-state index is 12.4. The van der Waals surface area contributed by atoms with E-state index in [0.717, 1.165) is 36.6 Å². The molecule has 1 aromatic carbocycles. The molecule has 7 nitrogen and oxygen atoms in total. The highest BCUT2D eigenvalue weighted by Crippen LogP contribution is 2.34. The first-order valence-corrected chi connectivity index (χ1v) is 9.22. The Morgan fingerprint density at radius 3 is 2.78 bits per heavy atom. The Labute approximate surface area is 156 Å². The summed E-state index contributed by atoms with van der Waals surface area (Å²) in [4.78, 5) is 16.9. The number of rotatable bonds is 5. The van der Waals surface area contributed by atoms with E-state index in [2.05, 4.69) is 10.1 Å². The largest absolute Gasteiger partial charge is 0.497 e. The zero-order valence-electron chi connectivity index (χ0n) is 15.6. The van der Waals surface area contributed by atoms with Crippen LogP contribution in [-0.4, -0.2) is 17.3 Å². The number of hydrogen-bond acceptors (Lipinski definition) is 7. The van der Waals surface area contributed by atoms with E-state index in [1.807, 2.05) is 19.1 Å². The molecule has 3 aromatic rings. The van der Waals surface area contributed by atoms with Crippen molar-refractivity contribution in [2.75, 3.05) is 7.11 Å². The molecule has 2 aromatic heterocycles. The fraction of sp³-hybridized carbons (Fsp3) is 0.450. The molecule has 2 N–H and O–H groups in total. The fourth-order valence-electron chi connectivity index (χ4n) is 3.81. The van der Waals surface area contributed by atoms with Crippen LogP contribution in [0.5, 0.6) is 5.75 Å². The normalized spacial score (nSPS) is 16.1. The second-order valence-corrected chi connectivity index (χ2v) is 7.23. The van der Waals surface area contributed by atoms with E-state index in [4.69, 9.17) is 19.4 Å². The minimum atomic E-state index is -0.474. The zero-order valence-corrected chi connectivity index (χ0v) is 15.6. The molecule has 1 aliphatic carbocycles. The number of fused-ring (bicyclic) bond motifs is 1. The van der Waals surface area contributed by atoms with Gasteiger partial charge in [0.15, 0.2) is 5.82 Å². The van der Waals surface area contributed by atoms with Gasteiger partial charge in [-0.1, -0.05) is 18.0 Å². The van der Waals surface area contributed by atoms with E-state index >= 15 is 0 Å². The van der Waals surface area contributed by atoms with Gasteiger partial charge in [0.25, 0.3) is 0 Å². The lowest BCUT2D eigenvalue weighted by Crippen LogP contribution is -2.34. The lowest BCUT2D eigenvalue weighted by atomic mass is 9.98. The zero-order chi connectivity index (χ0) is 19.0. The fourth-order valence-corrected chi connectivity index (χ4v) is 3.81. The Morgan fingerprint density at radius 2 is 2.04 bits per heavy atom. The highest BCUT2D eigenvalue weighted by atomic mass is 16.5. The quantitative estimate of drug-likeness (QED) is 0.689. The molecule has 0 saturated heterocycles. The van der Waals surface area contributed by atoms with Gasteiger partial charge >= 0.3 is 5.63 Å². The predicted molar refractivity (Wildman–Crippen MR) is 99.8 cm³/mol. The predicted octanol–water partition coefficient (Wildman–Crippen LogP) is 3.01. The van der Waals surface area contributed by atoms with Crippen molar-refractivity contribution in [3.63, 3.8) is 0 Å². The summed E-state index contributed by atoms with van der Waals surface area (Å²) >= 11 is 0. The molecule has 27 heavy (non-hydrogen) atoms. The minimum Gasteiger partial charge on any atom is -0.497 e. The Kier molecular flexibility index (Phi) is 4.47. The summed E-state index contributed by atoms with van der Waals surface area (Å²) < 4.78 is 16.0. The molecule has 1 aliphatic rings. The summed E-state index contributed by atoms with van der Waals surface area (Å²) in [5.74, 6) is 1.72. The van der Waals surface area contributed by atoms with Gasteiger partial charge in [0.2, 0.25) is 5.89 Å². The van der Waals surface area contributed by atoms with Gasteiger partial charge in [-0.3, -0.25) is 0 Å². The molecular weight excluding hydrogens is 346 g/mol. The van der Waals surface area contributed by atoms with Crippen LogP contribution in [0.3, 0.4) is 0 Å². The third kappa shape index (κ3) is 3.23. The summed E-state index contributed by atoms with van der Waals surface area (Å²) in [6, 6.07) is 5.48. The topological polar surface area (TPSA) is 104 Å². The molecule has 0 aliphatic heterocycles. The lowest BCUT2D eigenvalue weighted by molar-refractivity contribution is 0.348. The molecule has 0 amide bonds.